The summed E-state index contributed by atoms with van der Waals surface area (Å²) in [5, 5.41) is 0. The van der Waals surface area contributed by atoms with E-state index in [0.29, 0.717) is 0 Å². The Balaban J connectivity index is 3.18. The Kier molecular flexibility index (Phi) is 28.2. The Hall–Kier alpha value is 0. The van der Waals surface area contributed by atoms with Gasteiger partial charge in [0.15, 0.2) is 0 Å². The first-order valence-electron chi connectivity index (χ1n) is 16.2. The molecule has 0 N–H and O–H groups in total. The lowest BCUT2D eigenvalue weighted by molar-refractivity contribution is 0.425. The predicted molar refractivity (Wildman–Crippen MR) is 154 cm³/mol. The van der Waals surface area contributed by atoms with Gasteiger partial charge in [-0.2, -0.15) is 0 Å². The molecule has 0 aromatic heterocycles. The number of hydrogen-bond acceptors (Lipinski definition) is 0. The summed E-state index contributed by atoms with van der Waals surface area (Å²) in [6.45, 7) is 9.58. The van der Waals surface area contributed by atoms with Crippen molar-refractivity contribution in [3.05, 3.63) is 0 Å². The molecule has 0 aliphatic rings. The summed E-state index contributed by atoms with van der Waals surface area (Å²) in [7, 11) is 0. The molecule has 0 spiro atoms. The predicted octanol–water partition coefficient (Wildman–Crippen LogP) is 12.8. The summed E-state index contributed by atoms with van der Waals surface area (Å²) >= 11 is 0. The van der Waals surface area contributed by atoms with E-state index in [-0.39, 0.29) is 0 Å². The summed E-state index contributed by atoms with van der Waals surface area (Å²) in [6.07, 6.45) is 39.7. The van der Waals surface area contributed by atoms with Gasteiger partial charge >= 0.3 is 0 Å². The van der Waals surface area contributed by atoms with Gasteiger partial charge in [-0.25, -0.2) is 0 Å². The Morgan fingerprint density at radius 2 is 0.485 bits per heavy atom. The SMILES string of the molecule is CCCCCCCCCCCCCCCCC(C)CCCCCCCCCC(C)CCCC. The molecule has 0 amide bonds. The minimum Gasteiger partial charge on any atom is -0.0654 e. The van der Waals surface area contributed by atoms with Crippen molar-refractivity contribution in [2.45, 2.75) is 201 Å². The van der Waals surface area contributed by atoms with Gasteiger partial charge in [0.25, 0.3) is 0 Å². The Labute approximate surface area is 212 Å². The first kappa shape index (κ1) is 33.0. The Bertz CT molecular complexity index is 333. The Morgan fingerprint density at radius 3 is 0.758 bits per heavy atom. The highest BCUT2D eigenvalue weighted by Crippen LogP contribution is 2.20. The average Bonchev–Trinajstić information content (AvgIpc) is 2.81. The first-order valence-corrected chi connectivity index (χ1v) is 16.2. The number of rotatable bonds is 28. The molecule has 2 unspecified atom stereocenters. The van der Waals surface area contributed by atoms with Crippen LogP contribution in [0.25, 0.3) is 0 Å². The molecule has 0 fully saturated rings. The third kappa shape index (κ3) is 28.1. The van der Waals surface area contributed by atoms with E-state index in [0.717, 1.165) is 11.8 Å². The maximum absolute atomic E-state index is 2.50. The van der Waals surface area contributed by atoms with Crippen LogP contribution in [0, 0.1) is 11.8 Å². The van der Waals surface area contributed by atoms with Gasteiger partial charge in [-0.15, -0.1) is 0 Å². The third-order valence-electron chi connectivity index (χ3n) is 7.99. The molecule has 0 saturated heterocycles. The van der Waals surface area contributed by atoms with Crippen LogP contribution in [-0.4, -0.2) is 0 Å². The zero-order valence-corrected chi connectivity index (χ0v) is 24.2. The van der Waals surface area contributed by atoms with Crippen molar-refractivity contribution >= 4 is 0 Å². The second-order valence-corrected chi connectivity index (χ2v) is 11.8. The van der Waals surface area contributed by atoms with Crippen molar-refractivity contribution in [2.75, 3.05) is 0 Å². The quantitative estimate of drug-likeness (QED) is 0.101. The van der Waals surface area contributed by atoms with Gasteiger partial charge in [0.2, 0.25) is 0 Å². The van der Waals surface area contributed by atoms with Gasteiger partial charge in [0.1, 0.15) is 0 Å². The fourth-order valence-corrected chi connectivity index (χ4v) is 5.40. The molecule has 0 nitrogen and oxygen atoms in total. The van der Waals surface area contributed by atoms with Crippen LogP contribution in [0.1, 0.15) is 201 Å². The van der Waals surface area contributed by atoms with Gasteiger partial charge in [0, 0.05) is 0 Å². The van der Waals surface area contributed by atoms with E-state index in [1.807, 2.05) is 0 Å². The summed E-state index contributed by atoms with van der Waals surface area (Å²) in [5.74, 6) is 1.93. The molecule has 0 aliphatic heterocycles. The maximum atomic E-state index is 2.50. The molecule has 0 radical (unpaired) electrons. The average molecular weight is 465 g/mol. The zero-order chi connectivity index (χ0) is 24.2. The van der Waals surface area contributed by atoms with Crippen LogP contribution in [0.5, 0.6) is 0 Å². The van der Waals surface area contributed by atoms with Crippen molar-refractivity contribution in [1.29, 1.82) is 0 Å². The number of unbranched alkanes of at least 4 members (excludes halogenated alkanes) is 20. The lowest BCUT2D eigenvalue weighted by Crippen LogP contribution is -1.95. The minimum absolute atomic E-state index is 0.964. The molecular formula is C33H68. The molecule has 0 rings (SSSR count). The maximum Gasteiger partial charge on any atom is -0.0443 e. The molecule has 0 aromatic rings. The van der Waals surface area contributed by atoms with Gasteiger partial charge in [-0.05, 0) is 11.8 Å². The molecule has 33 heavy (non-hydrogen) atoms. The van der Waals surface area contributed by atoms with Crippen LogP contribution in [-0.2, 0) is 0 Å². The topological polar surface area (TPSA) is 0 Å². The molecule has 0 bridgehead atoms. The fraction of sp³-hybridized carbons (Fsp3) is 1.00. The standard InChI is InChI=1S/C33H68/c1-5-7-9-10-11-12-13-14-15-16-17-19-22-26-30-33(4)31-27-24-21-18-20-23-25-29-32(3)28-8-6-2/h32-33H,5-31H2,1-4H3. The van der Waals surface area contributed by atoms with Crippen LogP contribution in [0.3, 0.4) is 0 Å². The van der Waals surface area contributed by atoms with Crippen molar-refractivity contribution in [1.82, 2.24) is 0 Å². The second-order valence-electron chi connectivity index (χ2n) is 11.8. The molecular weight excluding hydrogens is 396 g/mol. The lowest BCUT2D eigenvalue weighted by atomic mass is 9.95. The highest BCUT2D eigenvalue weighted by atomic mass is 14.1. The highest BCUT2D eigenvalue weighted by Gasteiger charge is 2.03. The molecule has 0 heteroatoms. The molecule has 0 heterocycles. The fourth-order valence-electron chi connectivity index (χ4n) is 5.40. The highest BCUT2D eigenvalue weighted by molar-refractivity contribution is 4.57. The summed E-state index contributed by atoms with van der Waals surface area (Å²) < 4.78 is 0. The van der Waals surface area contributed by atoms with Crippen molar-refractivity contribution in [2.24, 2.45) is 11.8 Å². The van der Waals surface area contributed by atoms with Gasteiger partial charge in [-0.1, -0.05) is 201 Å². The van der Waals surface area contributed by atoms with Crippen molar-refractivity contribution in [3.63, 3.8) is 0 Å². The molecule has 200 valence electrons. The monoisotopic (exact) mass is 465 g/mol. The first-order chi connectivity index (χ1) is 16.2. The van der Waals surface area contributed by atoms with Crippen LogP contribution >= 0.6 is 0 Å². The summed E-state index contributed by atoms with van der Waals surface area (Å²) in [4.78, 5) is 0. The van der Waals surface area contributed by atoms with Crippen LogP contribution < -0.4 is 0 Å². The van der Waals surface area contributed by atoms with E-state index in [1.165, 1.54) is 173 Å². The van der Waals surface area contributed by atoms with Crippen molar-refractivity contribution in [3.8, 4) is 0 Å². The second kappa shape index (κ2) is 28.2. The Morgan fingerprint density at radius 1 is 0.273 bits per heavy atom. The van der Waals surface area contributed by atoms with E-state index in [9.17, 15) is 0 Å². The van der Waals surface area contributed by atoms with E-state index in [1.54, 1.807) is 0 Å². The van der Waals surface area contributed by atoms with Crippen LogP contribution in [0.2, 0.25) is 0 Å². The van der Waals surface area contributed by atoms with E-state index >= 15 is 0 Å². The lowest BCUT2D eigenvalue weighted by Gasteiger charge is -2.11. The third-order valence-corrected chi connectivity index (χ3v) is 7.99. The molecule has 0 saturated carbocycles. The normalized spacial score (nSPS) is 13.5. The van der Waals surface area contributed by atoms with Crippen molar-refractivity contribution < 1.29 is 0 Å². The summed E-state index contributed by atoms with van der Waals surface area (Å²) in [6, 6.07) is 0. The number of hydrogen-bond donors (Lipinski definition) is 0. The van der Waals surface area contributed by atoms with E-state index < -0.39 is 0 Å². The van der Waals surface area contributed by atoms with E-state index in [4.69, 9.17) is 0 Å². The molecule has 0 aliphatic carbocycles. The van der Waals surface area contributed by atoms with Crippen LogP contribution in [0.15, 0.2) is 0 Å². The van der Waals surface area contributed by atoms with Gasteiger partial charge in [-0.3, -0.25) is 0 Å². The smallest absolute Gasteiger partial charge is 0.0443 e. The zero-order valence-electron chi connectivity index (χ0n) is 24.2. The largest absolute Gasteiger partial charge is 0.0654 e. The summed E-state index contributed by atoms with van der Waals surface area (Å²) in [5.41, 5.74) is 0. The van der Waals surface area contributed by atoms with Gasteiger partial charge in [0.05, 0.1) is 0 Å². The van der Waals surface area contributed by atoms with Crippen LogP contribution in [0.4, 0.5) is 0 Å². The van der Waals surface area contributed by atoms with Gasteiger partial charge < -0.3 is 0 Å². The molecule has 0 aromatic carbocycles. The minimum atomic E-state index is 0.964. The molecule has 2 atom stereocenters. The van der Waals surface area contributed by atoms with E-state index in [2.05, 4.69) is 27.7 Å².